The lowest BCUT2D eigenvalue weighted by Crippen LogP contribution is -1.99. The molecule has 0 saturated heterocycles. The Morgan fingerprint density at radius 3 is 1.45 bits per heavy atom. The number of benzene rings is 2. The Kier molecular flexibility index (Phi) is 19.4. The van der Waals surface area contributed by atoms with Crippen LogP contribution >= 0.6 is 0 Å². The minimum atomic E-state index is -1.02. The van der Waals surface area contributed by atoms with Gasteiger partial charge in [-0.25, -0.2) is 17.6 Å². The molecule has 0 saturated carbocycles. The molecule has 0 aromatic heterocycles. The minimum absolute atomic E-state index is 0.206. The molecule has 0 aliphatic rings. The van der Waals surface area contributed by atoms with E-state index in [4.69, 9.17) is 0 Å². The summed E-state index contributed by atoms with van der Waals surface area (Å²) in [5.74, 6) is -3.28. The monoisotopic (exact) mass is 536 g/mol. The number of hydrogen-bond donors (Lipinski definition) is 0. The topological polar surface area (TPSA) is 17.1 Å². The highest BCUT2D eigenvalue weighted by atomic mass is 19.2. The lowest BCUT2D eigenvalue weighted by atomic mass is 10.0. The van der Waals surface area contributed by atoms with Gasteiger partial charge in [0.05, 0.1) is 5.56 Å². The maximum Gasteiger partial charge on any atom is 0.169 e. The van der Waals surface area contributed by atoms with Gasteiger partial charge >= 0.3 is 0 Å². The predicted molar refractivity (Wildman–Crippen MR) is 151 cm³/mol. The van der Waals surface area contributed by atoms with Gasteiger partial charge in [0.1, 0.15) is 0 Å². The highest BCUT2D eigenvalue weighted by molar-refractivity contribution is 5.75. The molecule has 0 bridgehead atoms. The third-order valence-corrected chi connectivity index (χ3v) is 6.95. The molecule has 1 nitrogen and oxygen atoms in total. The summed E-state index contributed by atoms with van der Waals surface area (Å²) in [7, 11) is 0. The normalized spacial score (nSPS) is 10.8. The third-order valence-electron chi connectivity index (χ3n) is 6.95. The van der Waals surface area contributed by atoms with Crippen LogP contribution in [-0.2, 0) is 12.8 Å². The average molecular weight is 537 g/mol. The van der Waals surface area contributed by atoms with Crippen LogP contribution in [0.15, 0.2) is 30.3 Å². The van der Waals surface area contributed by atoms with Gasteiger partial charge in [-0.15, -0.1) is 0 Å². The van der Waals surface area contributed by atoms with Gasteiger partial charge in [0.25, 0.3) is 0 Å². The number of aryl methyl sites for hydroxylation is 2. The lowest BCUT2D eigenvalue weighted by Gasteiger charge is -2.06. The second-order valence-corrected chi connectivity index (χ2v) is 10.2. The van der Waals surface area contributed by atoms with Crippen molar-refractivity contribution < 1.29 is 22.4 Å². The van der Waals surface area contributed by atoms with Crippen LogP contribution in [-0.4, -0.2) is 6.29 Å². The smallest absolute Gasteiger partial charge is 0.169 e. The van der Waals surface area contributed by atoms with E-state index in [0.29, 0.717) is 30.3 Å². The Hall–Kier alpha value is -2.17. The molecule has 38 heavy (non-hydrogen) atoms. The zero-order valence-electron chi connectivity index (χ0n) is 23.6. The fourth-order valence-electron chi connectivity index (χ4n) is 4.53. The molecule has 0 atom stereocenters. The molecule has 2 aromatic rings. The summed E-state index contributed by atoms with van der Waals surface area (Å²) in [6.45, 7) is 4.41. The van der Waals surface area contributed by atoms with Gasteiger partial charge in [-0.3, -0.25) is 4.79 Å². The zero-order valence-corrected chi connectivity index (χ0v) is 23.6. The van der Waals surface area contributed by atoms with Crippen LogP contribution in [0, 0.1) is 23.3 Å². The van der Waals surface area contributed by atoms with Crippen molar-refractivity contribution in [3.63, 3.8) is 0 Å². The summed E-state index contributed by atoms with van der Waals surface area (Å²) in [5, 5.41) is 0. The number of rotatable bonds is 19. The molecule has 0 N–H and O–H groups in total. The number of hydrogen-bond acceptors (Lipinski definition) is 1. The Labute approximate surface area is 228 Å². The van der Waals surface area contributed by atoms with Crippen molar-refractivity contribution in [3.05, 3.63) is 70.3 Å². The van der Waals surface area contributed by atoms with Gasteiger partial charge in [0, 0.05) is 0 Å². The van der Waals surface area contributed by atoms with Crippen LogP contribution in [0.5, 0.6) is 0 Å². The molecule has 0 radical (unpaired) electrons. The molecule has 5 heteroatoms. The first-order chi connectivity index (χ1) is 18.5. The summed E-state index contributed by atoms with van der Waals surface area (Å²) in [6, 6.07) is 7.31. The average Bonchev–Trinajstić information content (AvgIpc) is 2.92. The number of halogens is 4. The van der Waals surface area contributed by atoms with Gasteiger partial charge in [0.2, 0.25) is 0 Å². The Morgan fingerprint density at radius 1 is 0.526 bits per heavy atom. The SMILES string of the molecule is CCCCCCCCCCc1ccc(C=O)c(F)c1F.CCCCCCCCCCc1cccc(F)c1F. The first-order valence-corrected chi connectivity index (χ1v) is 14.8. The van der Waals surface area contributed by atoms with Crippen LogP contribution in [0.3, 0.4) is 0 Å². The van der Waals surface area contributed by atoms with Crippen molar-refractivity contribution in [2.24, 2.45) is 0 Å². The Morgan fingerprint density at radius 2 is 0.974 bits per heavy atom. The molecular weight excluding hydrogens is 488 g/mol. The van der Waals surface area contributed by atoms with E-state index in [0.717, 1.165) is 32.1 Å². The van der Waals surface area contributed by atoms with E-state index in [1.165, 1.54) is 88.8 Å². The van der Waals surface area contributed by atoms with Gasteiger partial charge in [-0.05, 0) is 48.9 Å². The van der Waals surface area contributed by atoms with Crippen molar-refractivity contribution in [2.75, 3.05) is 0 Å². The van der Waals surface area contributed by atoms with Crippen LogP contribution in [0.25, 0.3) is 0 Å². The van der Waals surface area contributed by atoms with Crippen molar-refractivity contribution in [1.82, 2.24) is 0 Å². The van der Waals surface area contributed by atoms with E-state index < -0.39 is 23.3 Å². The van der Waals surface area contributed by atoms with Crippen molar-refractivity contribution in [3.8, 4) is 0 Å². The number of carbonyl (C=O) groups is 1. The fraction of sp³-hybridized carbons (Fsp3) is 0.606. The molecule has 0 spiro atoms. The van der Waals surface area contributed by atoms with Crippen LogP contribution in [0.1, 0.15) is 138 Å². The maximum atomic E-state index is 13.6. The second-order valence-electron chi connectivity index (χ2n) is 10.2. The standard InChI is InChI=1S/C17H24F2O.C16H24F2/c1-2-3-4-5-6-7-8-9-10-14-11-12-15(13-20)17(19)16(14)18;1-2-3-4-5-6-7-8-9-11-14-12-10-13-15(17)16(14)18/h11-13H,2-10H2,1H3;10,12-13H,2-9,11H2,1H3. The summed E-state index contributed by atoms with van der Waals surface area (Å²) >= 11 is 0. The fourth-order valence-corrected chi connectivity index (χ4v) is 4.53. The highest BCUT2D eigenvalue weighted by Crippen LogP contribution is 2.19. The number of unbranched alkanes of at least 4 members (excludes halogenated alkanes) is 14. The molecule has 0 fully saturated rings. The third kappa shape index (κ3) is 14.1. The van der Waals surface area contributed by atoms with E-state index in [1.54, 1.807) is 12.1 Å². The molecule has 214 valence electrons. The molecule has 0 unspecified atom stereocenters. The zero-order chi connectivity index (χ0) is 28.0. The van der Waals surface area contributed by atoms with Crippen LogP contribution in [0.2, 0.25) is 0 Å². The Balaban J connectivity index is 0.000000382. The number of carbonyl (C=O) groups excluding carboxylic acids is 1. The van der Waals surface area contributed by atoms with E-state index >= 15 is 0 Å². The van der Waals surface area contributed by atoms with Gasteiger partial charge in [0.15, 0.2) is 29.6 Å². The summed E-state index contributed by atoms with van der Waals surface area (Å²) in [6.07, 6.45) is 20.7. The molecule has 0 aliphatic carbocycles. The van der Waals surface area contributed by atoms with Crippen molar-refractivity contribution in [1.29, 1.82) is 0 Å². The van der Waals surface area contributed by atoms with Crippen molar-refractivity contribution in [2.45, 2.75) is 129 Å². The molecule has 2 rings (SSSR count). The van der Waals surface area contributed by atoms with Gasteiger partial charge < -0.3 is 0 Å². The summed E-state index contributed by atoms with van der Waals surface area (Å²) < 4.78 is 53.3. The molecule has 2 aromatic carbocycles. The quantitative estimate of drug-likeness (QED) is 0.0991. The first kappa shape index (κ1) is 33.9. The lowest BCUT2D eigenvalue weighted by molar-refractivity contribution is 0.111. The van der Waals surface area contributed by atoms with E-state index in [2.05, 4.69) is 13.8 Å². The van der Waals surface area contributed by atoms with Crippen molar-refractivity contribution >= 4 is 6.29 Å². The molecule has 0 heterocycles. The molecule has 0 amide bonds. The van der Waals surface area contributed by atoms with E-state index in [9.17, 15) is 22.4 Å². The highest BCUT2D eigenvalue weighted by Gasteiger charge is 2.12. The van der Waals surface area contributed by atoms with E-state index in [-0.39, 0.29) is 5.56 Å². The summed E-state index contributed by atoms with van der Waals surface area (Å²) in [4.78, 5) is 10.5. The van der Waals surface area contributed by atoms with Crippen LogP contribution in [0.4, 0.5) is 17.6 Å². The second kappa shape index (κ2) is 21.7. The molecular formula is C33H48F4O. The van der Waals surface area contributed by atoms with Gasteiger partial charge in [-0.1, -0.05) is 122 Å². The Bertz CT molecular complexity index is 897. The van der Waals surface area contributed by atoms with Gasteiger partial charge in [-0.2, -0.15) is 0 Å². The molecule has 0 aliphatic heterocycles. The predicted octanol–water partition coefficient (Wildman–Crippen LogP) is 11.1. The summed E-state index contributed by atoms with van der Waals surface area (Å²) in [5.41, 5.74) is 0.683. The maximum absolute atomic E-state index is 13.6. The number of aldehydes is 1. The first-order valence-electron chi connectivity index (χ1n) is 14.8. The largest absolute Gasteiger partial charge is 0.298 e. The minimum Gasteiger partial charge on any atom is -0.298 e. The van der Waals surface area contributed by atoms with Crippen LogP contribution < -0.4 is 0 Å². The van der Waals surface area contributed by atoms with E-state index in [1.807, 2.05) is 0 Å².